The molecule has 0 spiro atoms. The molecule has 2 N–H and O–H groups in total. The van der Waals surface area contributed by atoms with Gasteiger partial charge in [0, 0.05) is 30.9 Å². The summed E-state index contributed by atoms with van der Waals surface area (Å²) in [6.07, 6.45) is 0. The van der Waals surface area contributed by atoms with E-state index in [1.165, 1.54) is 6.92 Å². The van der Waals surface area contributed by atoms with Crippen molar-refractivity contribution in [1.82, 2.24) is 15.2 Å². The van der Waals surface area contributed by atoms with Crippen LogP contribution in [0.3, 0.4) is 0 Å². The minimum atomic E-state index is -0.190. The third kappa shape index (κ3) is 4.46. The summed E-state index contributed by atoms with van der Waals surface area (Å²) in [6.45, 7) is 9.02. The van der Waals surface area contributed by atoms with Gasteiger partial charge in [-0.1, -0.05) is 30.3 Å². The number of H-pyrrole nitrogens is 1. The molecule has 1 saturated heterocycles. The van der Waals surface area contributed by atoms with Crippen molar-refractivity contribution in [2.75, 3.05) is 32.8 Å². The number of ether oxygens (including phenoxy) is 1. The van der Waals surface area contributed by atoms with E-state index in [1.54, 1.807) is 0 Å². The maximum absolute atomic E-state index is 13.0. The Morgan fingerprint density at radius 1 is 1.19 bits per heavy atom. The van der Waals surface area contributed by atoms with Gasteiger partial charge >= 0.3 is 0 Å². The molecule has 0 aliphatic carbocycles. The summed E-state index contributed by atoms with van der Waals surface area (Å²) in [5.74, 6) is -0.224. The largest absolute Gasteiger partial charge is 0.379 e. The standard InChI is InChI=1S/C21H27N3O3/c1-14-19(16(3)25)15(2)22-20(14)21(26)23-18(17-7-5-4-6-8-17)13-24-9-11-27-12-10-24/h4-8,18,22H,9-13H2,1-3H3,(H,23,26). The third-order valence-corrected chi connectivity index (χ3v) is 5.07. The van der Waals surface area contributed by atoms with Crippen LogP contribution in [0.1, 0.15) is 50.6 Å². The van der Waals surface area contributed by atoms with Crippen LogP contribution in [0.4, 0.5) is 0 Å². The Morgan fingerprint density at radius 2 is 1.85 bits per heavy atom. The Morgan fingerprint density at radius 3 is 2.44 bits per heavy atom. The fraction of sp³-hybridized carbons (Fsp3) is 0.429. The SMILES string of the molecule is CC(=O)c1c(C)[nH]c(C(=O)NC(CN2CCOCC2)c2ccccc2)c1C. The number of hydrogen-bond donors (Lipinski definition) is 2. The lowest BCUT2D eigenvalue weighted by Gasteiger charge is -2.31. The number of hydrogen-bond acceptors (Lipinski definition) is 4. The Balaban J connectivity index is 1.82. The van der Waals surface area contributed by atoms with Gasteiger partial charge in [0.2, 0.25) is 0 Å². The molecule has 0 radical (unpaired) electrons. The summed E-state index contributed by atoms with van der Waals surface area (Å²) >= 11 is 0. The van der Waals surface area contributed by atoms with Gasteiger partial charge in [-0.05, 0) is 31.9 Å². The molecule has 1 aromatic carbocycles. The Hall–Kier alpha value is -2.44. The number of carbonyl (C=O) groups is 2. The Bertz CT molecular complexity index is 808. The van der Waals surface area contributed by atoms with Gasteiger partial charge in [-0.2, -0.15) is 0 Å². The number of carbonyl (C=O) groups excluding carboxylic acids is 2. The van der Waals surface area contributed by atoms with E-state index < -0.39 is 0 Å². The van der Waals surface area contributed by atoms with Crippen LogP contribution >= 0.6 is 0 Å². The van der Waals surface area contributed by atoms with Crippen LogP contribution in [-0.2, 0) is 4.74 Å². The molecule has 1 fully saturated rings. The molecule has 6 heteroatoms. The minimum Gasteiger partial charge on any atom is -0.379 e. The zero-order valence-corrected chi connectivity index (χ0v) is 16.2. The van der Waals surface area contributed by atoms with Crippen molar-refractivity contribution in [1.29, 1.82) is 0 Å². The number of aromatic nitrogens is 1. The van der Waals surface area contributed by atoms with E-state index in [2.05, 4.69) is 15.2 Å². The predicted molar refractivity (Wildman–Crippen MR) is 104 cm³/mol. The van der Waals surface area contributed by atoms with Crippen molar-refractivity contribution >= 4 is 11.7 Å². The Labute approximate surface area is 159 Å². The van der Waals surface area contributed by atoms with Crippen LogP contribution in [0.25, 0.3) is 0 Å². The molecular formula is C21H27N3O3. The highest BCUT2D eigenvalue weighted by molar-refractivity contribution is 6.02. The van der Waals surface area contributed by atoms with E-state index in [0.29, 0.717) is 30.0 Å². The molecule has 1 aliphatic rings. The first-order valence-electron chi connectivity index (χ1n) is 9.33. The molecule has 1 amide bonds. The summed E-state index contributed by atoms with van der Waals surface area (Å²) in [6, 6.07) is 9.84. The molecule has 0 bridgehead atoms. The van der Waals surface area contributed by atoms with E-state index in [-0.39, 0.29) is 17.7 Å². The second-order valence-corrected chi connectivity index (χ2v) is 7.03. The number of amides is 1. The number of morpholine rings is 1. The molecule has 6 nitrogen and oxygen atoms in total. The summed E-state index contributed by atoms with van der Waals surface area (Å²) < 4.78 is 5.43. The lowest BCUT2D eigenvalue weighted by molar-refractivity contribution is 0.0332. The molecule has 144 valence electrons. The first-order chi connectivity index (χ1) is 13.0. The van der Waals surface area contributed by atoms with Gasteiger partial charge in [0.1, 0.15) is 5.69 Å². The molecule has 1 aliphatic heterocycles. The quantitative estimate of drug-likeness (QED) is 0.768. The molecule has 1 unspecified atom stereocenters. The van der Waals surface area contributed by atoms with Crippen molar-refractivity contribution in [3.8, 4) is 0 Å². The number of rotatable bonds is 6. The summed E-state index contributed by atoms with van der Waals surface area (Å²) in [7, 11) is 0. The fourth-order valence-electron chi connectivity index (χ4n) is 3.70. The van der Waals surface area contributed by atoms with E-state index in [9.17, 15) is 9.59 Å². The summed E-state index contributed by atoms with van der Waals surface area (Å²) in [5.41, 5.74) is 3.56. The molecule has 3 rings (SSSR count). The van der Waals surface area contributed by atoms with Crippen molar-refractivity contribution in [3.63, 3.8) is 0 Å². The molecule has 2 aromatic rings. The fourth-order valence-corrected chi connectivity index (χ4v) is 3.70. The number of aryl methyl sites for hydroxylation is 1. The lowest BCUT2D eigenvalue weighted by atomic mass is 10.0. The molecule has 1 aromatic heterocycles. The first kappa shape index (κ1) is 19.3. The number of nitrogens with one attached hydrogen (secondary N) is 2. The van der Waals surface area contributed by atoms with Crippen LogP contribution in [0.2, 0.25) is 0 Å². The predicted octanol–water partition coefficient (Wildman–Crippen LogP) is 2.64. The summed E-state index contributed by atoms with van der Waals surface area (Å²) in [5, 5.41) is 3.15. The maximum atomic E-state index is 13.0. The van der Waals surface area contributed by atoms with Crippen molar-refractivity contribution in [2.24, 2.45) is 0 Å². The van der Waals surface area contributed by atoms with Crippen molar-refractivity contribution < 1.29 is 14.3 Å². The zero-order chi connectivity index (χ0) is 19.4. The van der Waals surface area contributed by atoms with E-state index in [1.807, 2.05) is 44.2 Å². The summed E-state index contributed by atoms with van der Waals surface area (Å²) in [4.78, 5) is 30.2. The lowest BCUT2D eigenvalue weighted by Crippen LogP contribution is -2.43. The van der Waals surface area contributed by atoms with E-state index in [0.717, 1.165) is 30.9 Å². The minimum absolute atomic E-state index is 0.0340. The highest BCUT2D eigenvalue weighted by Gasteiger charge is 2.24. The van der Waals surface area contributed by atoms with Gasteiger partial charge in [-0.25, -0.2) is 0 Å². The van der Waals surface area contributed by atoms with Crippen LogP contribution in [0.5, 0.6) is 0 Å². The molecular weight excluding hydrogens is 342 g/mol. The number of aromatic amines is 1. The highest BCUT2D eigenvalue weighted by atomic mass is 16.5. The number of ketones is 1. The number of benzene rings is 1. The highest BCUT2D eigenvalue weighted by Crippen LogP contribution is 2.21. The average molecular weight is 369 g/mol. The van der Waals surface area contributed by atoms with Gasteiger partial charge < -0.3 is 15.0 Å². The zero-order valence-electron chi connectivity index (χ0n) is 16.2. The van der Waals surface area contributed by atoms with Gasteiger partial charge in [-0.3, -0.25) is 14.5 Å². The molecule has 2 heterocycles. The Kier molecular flexibility index (Phi) is 6.08. The second kappa shape index (κ2) is 8.50. The molecule has 0 saturated carbocycles. The van der Waals surface area contributed by atoms with Crippen LogP contribution < -0.4 is 5.32 Å². The van der Waals surface area contributed by atoms with Gasteiger partial charge in [0.05, 0.1) is 19.3 Å². The normalized spacial score (nSPS) is 16.1. The number of Topliss-reactive ketones (excluding diaryl/α,β-unsaturated/α-hetero) is 1. The molecule has 1 atom stereocenters. The van der Waals surface area contributed by atoms with Gasteiger partial charge in [-0.15, -0.1) is 0 Å². The van der Waals surface area contributed by atoms with Crippen molar-refractivity contribution in [3.05, 3.63) is 58.4 Å². The third-order valence-electron chi connectivity index (χ3n) is 5.07. The molecule has 27 heavy (non-hydrogen) atoms. The van der Waals surface area contributed by atoms with Gasteiger partial charge in [0.25, 0.3) is 5.91 Å². The van der Waals surface area contributed by atoms with Crippen LogP contribution in [0.15, 0.2) is 30.3 Å². The van der Waals surface area contributed by atoms with E-state index in [4.69, 9.17) is 4.74 Å². The maximum Gasteiger partial charge on any atom is 0.268 e. The topological polar surface area (TPSA) is 74.4 Å². The smallest absolute Gasteiger partial charge is 0.268 e. The monoisotopic (exact) mass is 369 g/mol. The van der Waals surface area contributed by atoms with Gasteiger partial charge in [0.15, 0.2) is 5.78 Å². The van der Waals surface area contributed by atoms with E-state index >= 15 is 0 Å². The van der Waals surface area contributed by atoms with Crippen molar-refractivity contribution in [2.45, 2.75) is 26.8 Å². The first-order valence-corrected chi connectivity index (χ1v) is 9.33. The second-order valence-electron chi connectivity index (χ2n) is 7.03. The number of nitrogens with zero attached hydrogens (tertiary/aromatic N) is 1. The van der Waals surface area contributed by atoms with Crippen LogP contribution in [-0.4, -0.2) is 54.4 Å². The van der Waals surface area contributed by atoms with Crippen LogP contribution in [0, 0.1) is 13.8 Å². The average Bonchev–Trinajstić information content (AvgIpc) is 2.97.